The maximum absolute atomic E-state index is 12.9. The molecule has 0 bridgehead atoms. The maximum Gasteiger partial charge on any atom is 0.256 e. The van der Waals surface area contributed by atoms with Crippen LogP contribution in [-0.4, -0.2) is 32.4 Å². The van der Waals surface area contributed by atoms with Crippen LogP contribution in [0.25, 0.3) is 22.2 Å². The third-order valence-electron chi connectivity index (χ3n) is 6.00. The highest BCUT2D eigenvalue weighted by atomic mass is 16.3. The second-order valence-corrected chi connectivity index (χ2v) is 7.94. The molecule has 0 fully saturated rings. The Morgan fingerprint density at radius 3 is 2.66 bits per heavy atom. The molecule has 156 valence electrons. The van der Waals surface area contributed by atoms with Crippen LogP contribution in [0.5, 0.6) is 0 Å². The van der Waals surface area contributed by atoms with E-state index >= 15 is 0 Å². The van der Waals surface area contributed by atoms with Crippen molar-refractivity contribution < 1.29 is 9.90 Å². The van der Waals surface area contributed by atoms with Crippen LogP contribution in [0.2, 0.25) is 0 Å². The number of aliphatic hydroxyl groups is 1. The molecular weight excluding hydrogens is 400 g/mol. The fourth-order valence-corrected chi connectivity index (χ4v) is 4.43. The molecule has 6 nitrogen and oxygen atoms in total. The fourth-order valence-electron chi connectivity index (χ4n) is 4.43. The second kappa shape index (κ2) is 7.88. The molecule has 0 saturated heterocycles. The Morgan fingerprint density at radius 2 is 1.91 bits per heavy atom. The molecule has 2 unspecified atom stereocenters. The van der Waals surface area contributed by atoms with E-state index in [0.717, 1.165) is 22.2 Å². The van der Waals surface area contributed by atoms with Crippen molar-refractivity contribution in [2.24, 2.45) is 0 Å². The van der Waals surface area contributed by atoms with Crippen LogP contribution in [0.15, 0.2) is 73.1 Å². The molecule has 2 aromatic carbocycles. The van der Waals surface area contributed by atoms with Gasteiger partial charge in [-0.1, -0.05) is 43.3 Å². The minimum atomic E-state index is -0.974. The minimum absolute atomic E-state index is 0.137. The van der Waals surface area contributed by atoms with Gasteiger partial charge in [0.1, 0.15) is 6.07 Å². The van der Waals surface area contributed by atoms with Gasteiger partial charge in [0.15, 0.2) is 6.23 Å². The molecule has 1 amide bonds. The summed E-state index contributed by atoms with van der Waals surface area (Å²) >= 11 is 0. The van der Waals surface area contributed by atoms with Crippen molar-refractivity contribution in [3.63, 3.8) is 0 Å². The Labute approximate surface area is 185 Å². The predicted octanol–water partition coefficient (Wildman–Crippen LogP) is 4.42. The SMILES string of the molecule is CC(CN1C(=O)c2ccccc2C1O)c1cnc2c(C#N)cccc2c1-c1ccccn1. The normalized spacial score (nSPS) is 16.1. The van der Waals surface area contributed by atoms with E-state index in [1.165, 1.54) is 4.90 Å². The van der Waals surface area contributed by atoms with Crippen LogP contribution in [0.4, 0.5) is 0 Å². The molecular formula is C26H20N4O2. The lowest BCUT2D eigenvalue weighted by Gasteiger charge is -2.26. The van der Waals surface area contributed by atoms with Crippen molar-refractivity contribution in [2.45, 2.75) is 19.1 Å². The molecule has 0 radical (unpaired) electrons. The number of nitrogens with zero attached hydrogens (tertiary/aromatic N) is 4. The highest BCUT2D eigenvalue weighted by Crippen LogP contribution is 2.38. The van der Waals surface area contributed by atoms with Gasteiger partial charge in [-0.2, -0.15) is 5.26 Å². The molecule has 1 aliphatic rings. The highest BCUT2D eigenvalue weighted by Gasteiger charge is 2.36. The van der Waals surface area contributed by atoms with E-state index in [-0.39, 0.29) is 11.8 Å². The monoisotopic (exact) mass is 420 g/mol. The molecule has 0 saturated carbocycles. The van der Waals surface area contributed by atoms with Crippen molar-refractivity contribution in [3.05, 3.63) is 95.3 Å². The molecule has 1 aliphatic heterocycles. The lowest BCUT2D eigenvalue weighted by Crippen LogP contribution is -2.31. The molecule has 3 heterocycles. The van der Waals surface area contributed by atoms with Gasteiger partial charge in [0.25, 0.3) is 5.91 Å². The van der Waals surface area contributed by atoms with Crippen molar-refractivity contribution in [1.29, 1.82) is 5.26 Å². The zero-order chi connectivity index (χ0) is 22.2. The molecule has 6 heteroatoms. The van der Waals surface area contributed by atoms with Crippen LogP contribution >= 0.6 is 0 Å². The van der Waals surface area contributed by atoms with Crippen LogP contribution in [0.1, 0.15) is 46.1 Å². The number of aliphatic hydroxyl groups excluding tert-OH is 1. The third-order valence-corrected chi connectivity index (χ3v) is 6.00. The summed E-state index contributed by atoms with van der Waals surface area (Å²) in [5, 5.41) is 21.1. The van der Waals surface area contributed by atoms with Gasteiger partial charge < -0.3 is 10.0 Å². The fraction of sp³-hybridized carbons (Fsp3) is 0.154. The largest absolute Gasteiger partial charge is 0.369 e. The quantitative estimate of drug-likeness (QED) is 0.528. The summed E-state index contributed by atoms with van der Waals surface area (Å²) in [6.07, 6.45) is 2.52. The van der Waals surface area contributed by atoms with Crippen LogP contribution in [-0.2, 0) is 0 Å². The lowest BCUT2D eigenvalue weighted by atomic mass is 9.91. The molecule has 4 aromatic rings. The van der Waals surface area contributed by atoms with E-state index in [1.54, 1.807) is 36.7 Å². The number of rotatable bonds is 4. The van der Waals surface area contributed by atoms with Crippen LogP contribution in [0.3, 0.4) is 0 Å². The summed E-state index contributed by atoms with van der Waals surface area (Å²) in [7, 11) is 0. The van der Waals surface area contributed by atoms with Gasteiger partial charge in [-0.05, 0) is 29.8 Å². The van der Waals surface area contributed by atoms with Gasteiger partial charge >= 0.3 is 0 Å². The predicted molar refractivity (Wildman–Crippen MR) is 121 cm³/mol. The van der Waals surface area contributed by atoms with Crippen LogP contribution < -0.4 is 0 Å². The Bertz CT molecular complexity index is 1380. The number of benzene rings is 2. The zero-order valence-corrected chi connectivity index (χ0v) is 17.4. The number of nitriles is 1. The molecule has 1 N–H and O–H groups in total. The number of fused-ring (bicyclic) bond motifs is 2. The first kappa shape index (κ1) is 19.9. The Balaban J connectivity index is 1.60. The average Bonchev–Trinajstić information content (AvgIpc) is 3.08. The van der Waals surface area contributed by atoms with Gasteiger partial charge in [-0.25, -0.2) is 0 Å². The summed E-state index contributed by atoms with van der Waals surface area (Å²) in [5.41, 5.74) is 4.85. The summed E-state index contributed by atoms with van der Waals surface area (Å²) < 4.78 is 0. The van der Waals surface area contributed by atoms with Crippen molar-refractivity contribution in [2.75, 3.05) is 6.54 Å². The summed E-state index contributed by atoms with van der Waals surface area (Å²) in [6, 6.07) is 20.6. The number of hydrogen-bond donors (Lipinski definition) is 1. The smallest absolute Gasteiger partial charge is 0.256 e. The van der Waals surface area contributed by atoms with E-state index in [9.17, 15) is 15.2 Å². The number of carbonyl (C=O) groups excluding carboxylic acids is 1. The van der Waals surface area contributed by atoms with Gasteiger partial charge in [0.2, 0.25) is 0 Å². The molecule has 2 aromatic heterocycles. The first-order valence-electron chi connectivity index (χ1n) is 10.4. The Hall–Kier alpha value is -4.08. The van der Waals surface area contributed by atoms with Crippen molar-refractivity contribution in [3.8, 4) is 17.3 Å². The number of hydrogen-bond acceptors (Lipinski definition) is 5. The molecule has 32 heavy (non-hydrogen) atoms. The topological polar surface area (TPSA) is 90.1 Å². The second-order valence-electron chi connectivity index (χ2n) is 7.94. The van der Waals surface area contributed by atoms with Gasteiger partial charge in [0.05, 0.1) is 16.8 Å². The summed E-state index contributed by atoms with van der Waals surface area (Å²) in [6.45, 7) is 2.33. The van der Waals surface area contributed by atoms with E-state index in [0.29, 0.717) is 28.8 Å². The number of aromatic nitrogens is 2. The first-order valence-corrected chi connectivity index (χ1v) is 10.4. The summed E-state index contributed by atoms with van der Waals surface area (Å²) in [4.78, 5) is 23.6. The number of carbonyl (C=O) groups is 1. The van der Waals surface area contributed by atoms with Crippen molar-refractivity contribution >= 4 is 16.8 Å². The molecule has 0 spiro atoms. The Kier molecular flexibility index (Phi) is 4.89. The zero-order valence-electron chi connectivity index (χ0n) is 17.4. The lowest BCUT2D eigenvalue weighted by molar-refractivity contribution is 0.0155. The first-order chi connectivity index (χ1) is 15.6. The van der Waals surface area contributed by atoms with E-state index in [2.05, 4.69) is 16.0 Å². The van der Waals surface area contributed by atoms with E-state index in [4.69, 9.17) is 0 Å². The Morgan fingerprint density at radius 1 is 1.09 bits per heavy atom. The average molecular weight is 420 g/mol. The molecule has 0 aliphatic carbocycles. The van der Waals surface area contributed by atoms with Crippen LogP contribution in [0, 0.1) is 11.3 Å². The number of pyridine rings is 2. The minimum Gasteiger partial charge on any atom is -0.369 e. The van der Waals surface area contributed by atoms with E-state index in [1.807, 2.05) is 43.3 Å². The number of para-hydroxylation sites is 1. The molecule has 2 atom stereocenters. The number of amides is 1. The van der Waals surface area contributed by atoms with Crippen molar-refractivity contribution in [1.82, 2.24) is 14.9 Å². The maximum atomic E-state index is 12.9. The molecule has 5 rings (SSSR count). The highest BCUT2D eigenvalue weighted by molar-refractivity contribution is 5.99. The van der Waals surface area contributed by atoms with Gasteiger partial charge in [-0.3, -0.25) is 14.8 Å². The van der Waals surface area contributed by atoms with E-state index < -0.39 is 6.23 Å². The summed E-state index contributed by atoms with van der Waals surface area (Å²) in [5.74, 6) is -0.317. The van der Waals surface area contributed by atoms with Gasteiger partial charge in [-0.15, -0.1) is 0 Å². The van der Waals surface area contributed by atoms with Gasteiger partial charge in [0, 0.05) is 46.9 Å². The third kappa shape index (κ3) is 3.11. The standard InChI is InChI=1S/C26H20N4O2/c1-16(15-30-25(31)18-8-2-3-9-19(18)26(30)32)21-14-29-24-17(13-27)7-6-10-20(24)23(21)22-11-4-5-12-28-22/h2-12,14,16,25,31H,15H2,1H3.